The van der Waals surface area contributed by atoms with Crippen LogP contribution in [0.4, 0.5) is 0 Å². The number of hydrogen-bond donors (Lipinski definition) is 1. The van der Waals surface area contributed by atoms with E-state index in [9.17, 15) is 0 Å². The standard InChI is InChI=1S/C13H18ClN/c1-10-5-2-3-8-13(10,15)11-6-4-7-12(14)9-11/h4,6-7,9-10H,2-3,5,8,15H2,1H3. The van der Waals surface area contributed by atoms with Gasteiger partial charge in [-0.15, -0.1) is 0 Å². The molecule has 2 rings (SSSR count). The molecule has 0 heterocycles. The third-order valence-corrected chi connectivity index (χ3v) is 3.95. The molecule has 2 atom stereocenters. The van der Waals surface area contributed by atoms with Crippen molar-refractivity contribution in [1.82, 2.24) is 0 Å². The number of rotatable bonds is 1. The van der Waals surface area contributed by atoms with E-state index in [4.69, 9.17) is 17.3 Å². The Hall–Kier alpha value is -0.530. The maximum Gasteiger partial charge on any atom is 0.0436 e. The van der Waals surface area contributed by atoms with Crippen LogP contribution in [0.1, 0.15) is 38.2 Å². The first-order valence-electron chi connectivity index (χ1n) is 5.68. The second-order valence-electron chi connectivity index (χ2n) is 4.70. The van der Waals surface area contributed by atoms with Gasteiger partial charge < -0.3 is 5.73 Å². The fraction of sp³-hybridized carbons (Fsp3) is 0.538. The first-order valence-corrected chi connectivity index (χ1v) is 6.05. The lowest BCUT2D eigenvalue weighted by Crippen LogP contribution is -2.45. The molecule has 15 heavy (non-hydrogen) atoms. The number of halogens is 1. The highest BCUT2D eigenvalue weighted by atomic mass is 35.5. The predicted octanol–water partition coefficient (Wildman–Crippen LogP) is 3.70. The summed E-state index contributed by atoms with van der Waals surface area (Å²) in [6.07, 6.45) is 4.84. The molecule has 82 valence electrons. The summed E-state index contributed by atoms with van der Waals surface area (Å²) in [6, 6.07) is 8.02. The normalized spacial score (nSPS) is 31.5. The summed E-state index contributed by atoms with van der Waals surface area (Å²) in [6.45, 7) is 2.25. The fourth-order valence-electron chi connectivity index (χ4n) is 2.58. The number of hydrogen-bond acceptors (Lipinski definition) is 1. The molecular formula is C13H18ClN. The molecule has 1 fully saturated rings. The van der Waals surface area contributed by atoms with Crippen molar-refractivity contribution in [3.05, 3.63) is 34.9 Å². The van der Waals surface area contributed by atoms with Crippen LogP contribution in [0, 0.1) is 5.92 Å². The van der Waals surface area contributed by atoms with Gasteiger partial charge in [-0.1, -0.05) is 43.5 Å². The second kappa shape index (κ2) is 4.15. The monoisotopic (exact) mass is 223 g/mol. The van der Waals surface area contributed by atoms with Crippen LogP contribution < -0.4 is 5.73 Å². The zero-order valence-electron chi connectivity index (χ0n) is 9.17. The van der Waals surface area contributed by atoms with Gasteiger partial charge in [0.2, 0.25) is 0 Å². The van der Waals surface area contributed by atoms with E-state index in [2.05, 4.69) is 13.0 Å². The molecule has 2 heteroatoms. The number of nitrogens with two attached hydrogens (primary N) is 1. The lowest BCUT2D eigenvalue weighted by molar-refractivity contribution is 0.207. The van der Waals surface area contributed by atoms with Crippen molar-refractivity contribution in [2.45, 2.75) is 38.1 Å². The van der Waals surface area contributed by atoms with E-state index < -0.39 is 0 Å². The van der Waals surface area contributed by atoms with E-state index in [1.807, 2.05) is 18.2 Å². The van der Waals surface area contributed by atoms with Crippen LogP contribution in [0.5, 0.6) is 0 Å². The van der Waals surface area contributed by atoms with Crippen LogP contribution in [0.15, 0.2) is 24.3 Å². The molecule has 0 radical (unpaired) electrons. The zero-order chi connectivity index (χ0) is 10.9. The summed E-state index contributed by atoms with van der Waals surface area (Å²) in [5.74, 6) is 0.546. The summed E-state index contributed by atoms with van der Waals surface area (Å²) >= 11 is 6.02. The van der Waals surface area contributed by atoms with Gasteiger partial charge in [0.05, 0.1) is 0 Å². The molecule has 0 aromatic heterocycles. The van der Waals surface area contributed by atoms with Crippen LogP contribution in [0.25, 0.3) is 0 Å². The Morgan fingerprint density at radius 1 is 1.40 bits per heavy atom. The second-order valence-corrected chi connectivity index (χ2v) is 5.13. The van der Waals surface area contributed by atoms with E-state index >= 15 is 0 Å². The van der Waals surface area contributed by atoms with Crippen LogP contribution in [0.2, 0.25) is 5.02 Å². The van der Waals surface area contributed by atoms with Gasteiger partial charge in [-0.05, 0) is 36.5 Å². The smallest absolute Gasteiger partial charge is 0.0436 e. The van der Waals surface area contributed by atoms with E-state index in [0.29, 0.717) is 5.92 Å². The summed E-state index contributed by atoms with van der Waals surface area (Å²) in [5.41, 5.74) is 7.57. The van der Waals surface area contributed by atoms with Crippen molar-refractivity contribution in [2.24, 2.45) is 11.7 Å². The van der Waals surface area contributed by atoms with E-state index in [1.165, 1.54) is 24.8 Å². The molecule has 1 aromatic carbocycles. The van der Waals surface area contributed by atoms with E-state index in [0.717, 1.165) is 11.4 Å². The molecule has 1 aliphatic carbocycles. The maximum atomic E-state index is 6.53. The van der Waals surface area contributed by atoms with Gasteiger partial charge in [-0.2, -0.15) is 0 Å². The van der Waals surface area contributed by atoms with Crippen molar-refractivity contribution < 1.29 is 0 Å². The first kappa shape index (κ1) is 11.0. The Morgan fingerprint density at radius 2 is 2.20 bits per heavy atom. The Morgan fingerprint density at radius 3 is 2.87 bits per heavy atom. The Balaban J connectivity index is 2.34. The highest BCUT2D eigenvalue weighted by molar-refractivity contribution is 6.30. The predicted molar refractivity (Wildman–Crippen MR) is 64.9 cm³/mol. The highest BCUT2D eigenvalue weighted by Crippen LogP contribution is 2.39. The summed E-state index contributed by atoms with van der Waals surface area (Å²) in [5, 5.41) is 0.787. The van der Waals surface area contributed by atoms with Crippen LogP contribution in [-0.4, -0.2) is 0 Å². The van der Waals surface area contributed by atoms with Crippen molar-refractivity contribution >= 4 is 11.6 Å². The third kappa shape index (κ3) is 2.04. The van der Waals surface area contributed by atoms with Gasteiger partial charge in [-0.3, -0.25) is 0 Å². The van der Waals surface area contributed by atoms with Crippen LogP contribution in [0.3, 0.4) is 0 Å². The average Bonchev–Trinajstić information content (AvgIpc) is 2.23. The largest absolute Gasteiger partial charge is 0.321 e. The minimum atomic E-state index is -0.164. The molecule has 1 nitrogen and oxygen atoms in total. The van der Waals surface area contributed by atoms with Gasteiger partial charge >= 0.3 is 0 Å². The van der Waals surface area contributed by atoms with Gasteiger partial charge in [0.1, 0.15) is 0 Å². The highest BCUT2D eigenvalue weighted by Gasteiger charge is 2.35. The molecular weight excluding hydrogens is 206 g/mol. The summed E-state index contributed by atoms with van der Waals surface area (Å²) in [7, 11) is 0. The summed E-state index contributed by atoms with van der Waals surface area (Å²) in [4.78, 5) is 0. The molecule has 0 amide bonds. The molecule has 1 saturated carbocycles. The van der Waals surface area contributed by atoms with Crippen molar-refractivity contribution in [2.75, 3.05) is 0 Å². The molecule has 2 N–H and O–H groups in total. The molecule has 0 saturated heterocycles. The van der Waals surface area contributed by atoms with Crippen molar-refractivity contribution in [3.63, 3.8) is 0 Å². The lowest BCUT2D eigenvalue weighted by Gasteiger charge is -2.40. The van der Waals surface area contributed by atoms with Gasteiger partial charge in [0, 0.05) is 10.6 Å². The topological polar surface area (TPSA) is 26.0 Å². The quantitative estimate of drug-likeness (QED) is 0.772. The molecule has 0 aliphatic heterocycles. The fourth-order valence-corrected chi connectivity index (χ4v) is 2.77. The SMILES string of the molecule is CC1CCCCC1(N)c1cccc(Cl)c1. The Kier molecular flexibility index (Phi) is 3.03. The van der Waals surface area contributed by atoms with E-state index in [1.54, 1.807) is 0 Å². The van der Waals surface area contributed by atoms with Crippen molar-refractivity contribution in [1.29, 1.82) is 0 Å². The van der Waals surface area contributed by atoms with Gasteiger partial charge in [0.15, 0.2) is 0 Å². The third-order valence-electron chi connectivity index (χ3n) is 3.72. The molecule has 0 spiro atoms. The van der Waals surface area contributed by atoms with Gasteiger partial charge in [-0.25, -0.2) is 0 Å². The molecule has 0 bridgehead atoms. The van der Waals surface area contributed by atoms with Crippen LogP contribution in [-0.2, 0) is 5.54 Å². The average molecular weight is 224 g/mol. The van der Waals surface area contributed by atoms with Crippen molar-refractivity contribution in [3.8, 4) is 0 Å². The Labute approximate surface area is 96.6 Å². The molecule has 1 aromatic rings. The lowest BCUT2D eigenvalue weighted by atomic mass is 9.70. The summed E-state index contributed by atoms with van der Waals surface area (Å²) < 4.78 is 0. The van der Waals surface area contributed by atoms with E-state index in [-0.39, 0.29) is 5.54 Å². The first-order chi connectivity index (χ1) is 7.13. The van der Waals surface area contributed by atoms with Crippen LogP contribution >= 0.6 is 11.6 Å². The Bertz CT molecular complexity index is 350. The zero-order valence-corrected chi connectivity index (χ0v) is 9.93. The minimum Gasteiger partial charge on any atom is -0.321 e. The molecule has 2 unspecified atom stereocenters. The maximum absolute atomic E-state index is 6.53. The minimum absolute atomic E-state index is 0.164. The van der Waals surface area contributed by atoms with Gasteiger partial charge in [0.25, 0.3) is 0 Å². The molecule has 1 aliphatic rings. The number of benzene rings is 1.